The summed E-state index contributed by atoms with van der Waals surface area (Å²) < 4.78 is 4.79. The number of anilines is 1. The number of hydrogen-bond acceptors (Lipinski definition) is 6. The molecule has 0 aliphatic heterocycles. The largest absolute Gasteiger partial charge is 0.464 e. The highest BCUT2D eigenvalue weighted by atomic mass is 32.2. The van der Waals surface area contributed by atoms with Crippen molar-refractivity contribution in [1.29, 1.82) is 0 Å². The third-order valence-corrected chi connectivity index (χ3v) is 4.96. The van der Waals surface area contributed by atoms with Crippen molar-refractivity contribution in [3.05, 3.63) is 17.8 Å². The number of carbonyl (C=O) groups is 1. The highest BCUT2D eigenvalue weighted by Gasteiger charge is 2.24. The molecule has 6 heteroatoms. The number of esters is 1. The van der Waals surface area contributed by atoms with Crippen LogP contribution in [0.3, 0.4) is 0 Å². The predicted octanol–water partition coefficient (Wildman–Crippen LogP) is 2.60. The van der Waals surface area contributed by atoms with Gasteiger partial charge in [-0.1, -0.05) is 13.8 Å². The number of carbonyl (C=O) groups excluding carboxylic acids is 1. The summed E-state index contributed by atoms with van der Waals surface area (Å²) in [5, 5.41) is 11.1. The van der Waals surface area contributed by atoms with E-state index in [9.17, 15) is 4.79 Å². The second kappa shape index (κ2) is 7.33. The minimum Gasteiger partial charge on any atom is -0.464 e. The van der Waals surface area contributed by atoms with Crippen molar-refractivity contribution < 1.29 is 9.53 Å². The minimum absolute atomic E-state index is 0.211. The molecule has 0 spiro atoms. The van der Waals surface area contributed by atoms with Crippen LogP contribution in [0.15, 0.2) is 12.1 Å². The summed E-state index contributed by atoms with van der Waals surface area (Å²) in [6.07, 6.45) is 4.30. The first kappa shape index (κ1) is 15.8. The van der Waals surface area contributed by atoms with Crippen LogP contribution in [-0.4, -0.2) is 40.8 Å². The van der Waals surface area contributed by atoms with Gasteiger partial charge in [-0.25, -0.2) is 4.79 Å². The lowest BCUT2D eigenvalue weighted by atomic mass is 10.0. The van der Waals surface area contributed by atoms with E-state index in [0.29, 0.717) is 5.82 Å². The summed E-state index contributed by atoms with van der Waals surface area (Å²) >= 11 is 1.86. The number of ether oxygens (including phenoxy) is 1. The van der Waals surface area contributed by atoms with Gasteiger partial charge in [0.15, 0.2) is 5.69 Å². The number of rotatable bonds is 7. The van der Waals surface area contributed by atoms with E-state index in [0.717, 1.165) is 19.4 Å². The molecule has 1 heterocycles. The Hall–Kier alpha value is -1.30. The van der Waals surface area contributed by atoms with Gasteiger partial charge in [-0.2, -0.15) is 11.8 Å². The molecule has 0 fully saturated rings. The quantitative estimate of drug-likeness (QED) is 0.776. The maximum absolute atomic E-state index is 11.2. The molecule has 106 valence electrons. The van der Waals surface area contributed by atoms with E-state index in [1.807, 2.05) is 11.8 Å². The lowest BCUT2D eigenvalue weighted by molar-refractivity contribution is 0.0593. The van der Waals surface area contributed by atoms with Crippen LogP contribution in [0.4, 0.5) is 5.82 Å². The molecule has 0 aliphatic rings. The van der Waals surface area contributed by atoms with E-state index < -0.39 is 5.97 Å². The van der Waals surface area contributed by atoms with Crippen LogP contribution >= 0.6 is 11.8 Å². The molecule has 0 aliphatic carbocycles. The number of thioether (sulfide) groups is 1. The van der Waals surface area contributed by atoms with Gasteiger partial charge in [-0.15, -0.1) is 10.2 Å². The smallest absolute Gasteiger partial charge is 0.358 e. The molecule has 1 aromatic heterocycles. The second-order valence-electron chi connectivity index (χ2n) is 4.24. The standard InChI is InChI=1S/C13H21N3O2S/c1-5-13(6-2,19-4)9-14-11-8-7-10(15-16-11)12(17)18-3/h7-8H,5-6,9H2,1-4H3,(H,14,16). The predicted molar refractivity (Wildman–Crippen MR) is 78.7 cm³/mol. The van der Waals surface area contributed by atoms with Crippen molar-refractivity contribution in [3.63, 3.8) is 0 Å². The van der Waals surface area contributed by atoms with Gasteiger partial charge in [0.05, 0.1) is 7.11 Å². The van der Waals surface area contributed by atoms with Gasteiger partial charge < -0.3 is 10.1 Å². The Kier molecular flexibility index (Phi) is 6.08. The van der Waals surface area contributed by atoms with Gasteiger partial charge >= 0.3 is 5.97 Å². The first-order valence-electron chi connectivity index (χ1n) is 6.32. The molecule has 0 bridgehead atoms. The lowest BCUT2D eigenvalue weighted by Gasteiger charge is -2.29. The fraction of sp³-hybridized carbons (Fsp3) is 0.615. The van der Waals surface area contributed by atoms with Crippen LogP contribution in [-0.2, 0) is 4.74 Å². The zero-order valence-corrected chi connectivity index (χ0v) is 12.7. The average Bonchev–Trinajstić information content (AvgIpc) is 2.49. The molecule has 19 heavy (non-hydrogen) atoms. The summed E-state index contributed by atoms with van der Waals surface area (Å²) in [5.74, 6) is 0.201. The van der Waals surface area contributed by atoms with E-state index in [2.05, 4.69) is 40.4 Å². The highest BCUT2D eigenvalue weighted by molar-refractivity contribution is 8.00. The van der Waals surface area contributed by atoms with Crippen molar-refractivity contribution in [3.8, 4) is 0 Å². The van der Waals surface area contributed by atoms with E-state index in [4.69, 9.17) is 0 Å². The fourth-order valence-corrected chi connectivity index (χ4v) is 2.55. The third-order valence-electron chi connectivity index (χ3n) is 3.37. The van der Waals surface area contributed by atoms with Crippen LogP contribution in [0.5, 0.6) is 0 Å². The molecule has 5 nitrogen and oxygen atoms in total. The number of nitrogens with zero attached hydrogens (tertiary/aromatic N) is 2. The molecule has 0 amide bonds. The Bertz CT molecular complexity index is 397. The molecule has 1 aromatic rings. The van der Waals surface area contributed by atoms with Gasteiger partial charge in [-0.05, 0) is 31.2 Å². The zero-order valence-electron chi connectivity index (χ0n) is 11.9. The first-order chi connectivity index (χ1) is 9.10. The molecule has 0 saturated carbocycles. The number of methoxy groups -OCH3 is 1. The van der Waals surface area contributed by atoms with Gasteiger partial charge in [0.25, 0.3) is 0 Å². The van der Waals surface area contributed by atoms with E-state index in [1.165, 1.54) is 7.11 Å². The minimum atomic E-state index is -0.473. The number of nitrogens with one attached hydrogen (secondary N) is 1. The molecule has 1 N–H and O–H groups in total. The maximum atomic E-state index is 11.2. The molecule has 0 radical (unpaired) electrons. The van der Waals surface area contributed by atoms with Crippen LogP contribution in [0.25, 0.3) is 0 Å². The van der Waals surface area contributed by atoms with E-state index in [-0.39, 0.29) is 10.4 Å². The summed E-state index contributed by atoms with van der Waals surface area (Å²) in [6.45, 7) is 5.20. The molecule has 0 saturated heterocycles. The SMILES string of the molecule is CCC(CC)(CNc1ccc(C(=O)OC)nn1)SC. The van der Waals surface area contributed by atoms with Crippen LogP contribution in [0.2, 0.25) is 0 Å². The topological polar surface area (TPSA) is 64.1 Å². The van der Waals surface area contributed by atoms with E-state index >= 15 is 0 Å². The number of aromatic nitrogens is 2. The van der Waals surface area contributed by atoms with Gasteiger partial charge in [0, 0.05) is 11.3 Å². The molecule has 0 aromatic carbocycles. The molecular formula is C13H21N3O2S. The third kappa shape index (κ3) is 4.09. The summed E-state index contributed by atoms with van der Waals surface area (Å²) in [7, 11) is 1.32. The van der Waals surface area contributed by atoms with Crippen molar-refractivity contribution in [2.24, 2.45) is 0 Å². The monoisotopic (exact) mass is 283 g/mol. The van der Waals surface area contributed by atoms with E-state index in [1.54, 1.807) is 12.1 Å². The lowest BCUT2D eigenvalue weighted by Crippen LogP contribution is -2.32. The normalized spacial score (nSPS) is 11.2. The molecule has 0 unspecified atom stereocenters. The average molecular weight is 283 g/mol. The maximum Gasteiger partial charge on any atom is 0.358 e. The summed E-state index contributed by atoms with van der Waals surface area (Å²) in [5.41, 5.74) is 0.218. The van der Waals surface area contributed by atoms with Crippen molar-refractivity contribution in [2.75, 3.05) is 25.2 Å². The number of hydrogen-bond donors (Lipinski definition) is 1. The van der Waals surface area contributed by atoms with Crippen LogP contribution < -0.4 is 5.32 Å². The fourth-order valence-electron chi connectivity index (χ4n) is 1.75. The highest BCUT2D eigenvalue weighted by Crippen LogP contribution is 2.30. The second-order valence-corrected chi connectivity index (χ2v) is 5.52. The van der Waals surface area contributed by atoms with Crippen LogP contribution in [0.1, 0.15) is 37.2 Å². The van der Waals surface area contributed by atoms with Crippen molar-refractivity contribution >= 4 is 23.5 Å². The first-order valence-corrected chi connectivity index (χ1v) is 7.54. The Balaban J connectivity index is 2.66. The molecule has 1 rings (SSSR count). The van der Waals surface area contributed by atoms with Gasteiger partial charge in [0.1, 0.15) is 5.82 Å². The zero-order chi connectivity index (χ0) is 14.3. The Morgan fingerprint density at radius 2 is 2.05 bits per heavy atom. The van der Waals surface area contributed by atoms with Gasteiger partial charge in [0.2, 0.25) is 0 Å². The van der Waals surface area contributed by atoms with Crippen LogP contribution in [0, 0.1) is 0 Å². The summed E-state index contributed by atoms with van der Waals surface area (Å²) in [4.78, 5) is 11.2. The summed E-state index contributed by atoms with van der Waals surface area (Å²) in [6, 6.07) is 3.36. The Morgan fingerprint density at radius 1 is 1.37 bits per heavy atom. The Labute approximate surface area is 118 Å². The van der Waals surface area contributed by atoms with Crippen molar-refractivity contribution in [1.82, 2.24) is 10.2 Å². The molecular weight excluding hydrogens is 262 g/mol. The van der Waals surface area contributed by atoms with Crippen molar-refractivity contribution in [2.45, 2.75) is 31.4 Å². The molecule has 0 atom stereocenters. The Morgan fingerprint density at radius 3 is 2.47 bits per heavy atom. The van der Waals surface area contributed by atoms with Gasteiger partial charge in [-0.3, -0.25) is 0 Å².